The van der Waals surface area contributed by atoms with Gasteiger partial charge in [0.05, 0.1) is 16.3 Å². The van der Waals surface area contributed by atoms with Gasteiger partial charge in [-0.3, -0.25) is 4.79 Å². The molecule has 148 valence electrons. The lowest BCUT2D eigenvalue weighted by atomic mass is 10.2. The molecule has 0 fully saturated rings. The van der Waals surface area contributed by atoms with Crippen molar-refractivity contribution in [1.29, 1.82) is 0 Å². The second-order valence-electron chi connectivity index (χ2n) is 5.60. The van der Waals surface area contributed by atoms with Crippen LogP contribution in [-0.2, 0) is 9.53 Å². The van der Waals surface area contributed by atoms with Crippen LogP contribution in [0.25, 0.3) is 0 Å². The van der Waals surface area contributed by atoms with E-state index in [4.69, 9.17) is 25.8 Å². The molecule has 1 aliphatic heterocycles. The number of nitrogens with one attached hydrogen (secondary N) is 1. The number of ether oxygens (including phenoxy) is 4. The summed E-state index contributed by atoms with van der Waals surface area (Å²) in [4.78, 5) is 24.6. The number of alkyl halides is 2. The molecule has 0 unspecified atom stereocenters. The molecular weight excluding hydrogens is 400 g/mol. The van der Waals surface area contributed by atoms with Crippen molar-refractivity contribution in [2.24, 2.45) is 0 Å². The number of amides is 1. The fourth-order valence-electron chi connectivity index (χ4n) is 2.37. The van der Waals surface area contributed by atoms with Crippen LogP contribution in [0.2, 0.25) is 5.02 Å². The minimum absolute atomic E-state index is 0.0156. The maximum atomic E-state index is 12.4. The van der Waals surface area contributed by atoms with Gasteiger partial charge in [-0.25, -0.2) is 4.79 Å². The number of esters is 1. The van der Waals surface area contributed by atoms with Crippen LogP contribution < -0.4 is 19.5 Å². The van der Waals surface area contributed by atoms with E-state index >= 15 is 0 Å². The molecular formula is C18H14ClF2NO6. The fourth-order valence-corrected chi connectivity index (χ4v) is 2.64. The van der Waals surface area contributed by atoms with Crippen molar-refractivity contribution in [3.63, 3.8) is 0 Å². The largest absolute Gasteiger partial charge is 0.454 e. The summed E-state index contributed by atoms with van der Waals surface area (Å²) in [5, 5.41) is 2.54. The molecule has 0 bridgehead atoms. The van der Waals surface area contributed by atoms with Crippen LogP contribution in [0.5, 0.6) is 17.2 Å². The monoisotopic (exact) mass is 413 g/mol. The Labute approximate surface area is 163 Å². The van der Waals surface area contributed by atoms with Crippen molar-refractivity contribution in [2.45, 2.75) is 19.6 Å². The molecule has 1 N–H and O–H groups in total. The Balaban J connectivity index is 1.66. The van der Waals surface area contributed by atoms with Gasteiger partial charge in [0.1, 0.15) is 5.75 Å². The van der Waals surface area contributed by atoms with E-state index in [1.807, 2.05) is 0 Å². The van der Waals surface area contributed by atoms with E-state index in [1.165, 1.54) is 43.3 Å². The molecule has 3 rings (SSSR count). The van der Waals surface area contributed by atoms with Crippen LogP contribution in [0.3, 0.4) is 0 Å². The molecule has 2 aromatic carbocycles. The predicted molar refractivity (Wildman–Crippen MR) is 94.2 cm³/mol. The summed E-state index contributed by atoms with van der Waals surface area (Å²) in [6, 6.07) is 8.36. The van der Waals surface area contributed by atoms with Gasteiger partial charge < -0.3 is 24.3 Å². The number of carbonyl (C=O) groups is 2. The van der Waals surface area contributed by atoms with Gasteiger partial charge in [-0.1, -0.05) is 23.7 Å². The third-order valence-corrected chi connectivity index (χ3v) is 3.96. The summed E-state index contributed by atoms with van der Waals surface area (Å²) in [7, 11) is 0. The summed E-state index contributed by atoms with van der Waals surface area (Å²) >= 11 is 6.02. The van der Waals surface area contributed by atoms with Crippen molar-refractivity contribution < 1.29 is 37.3 Å². The average molecular weight is 414 g/mol. The molecule has 10 heteroatoms. The SMILES string of the molecule is C[C@@H](OC(=O)c1cc(Cl)c2c(c1)OCO2)C(=O)Nc1ccccc1OC(F)F. The fraction of sp³-hybridized carbons (Fsp3) is 0.222. The van der Waals surface area contributed by atoms with E-state index in [0.717, 1.165) is 0 Å². The molecule has 1 amide bonds. The van der Waals surface area contributed by atoms with Gasteiger partial charge in [0, 0.05) is 0 Å². The standard InChI is InChI=1S/C18H14ClF2NO6/c1-9(16(23)22-12-4-2-3-5-13(12)28-18(20)21)27-17(24)10-6-11(19)15-14(7-10)25-8-26-15/h2-7,9,18H,8H2,1H3,(H,22,23)/t9-/m1/s1. The normalized spacial score (nSPS) is 13.2. The Bertz CT molecular complexity index is 908. The van der Waals surface area contributed by atoms with Gasteiger partial charge in [-0.15, -0.1) is 0 Å². The van der Waals surface area contributed by atoms with Crippen LogP contribution in [0.1, 0.15) is 17.3 Å². The Morgan fingerprint density at radius 3 is 2.71 bits per heavy atom. The lowest BCUT2D eigenvalue weighted by molar-refractivity contribution is -0.123. The highest BCUT2D eigenvalue weighted by atomic mass is 35.5. The highest BCUT2D eigenvalue weighted by Crippen LogP contribution is 2.40. The Morgan fingerprint density at radius 2 is 1.96 bits per heavy atom. The van der Waals surface area contributed by atoms with Crippen molar-refractivity contribution in [1.82, 2.24) is 0 Å². The second-order valence-corrected chi connectivity index (χ2v) is 6.01. The van der Waals surface area contributed by atoms with Crippen LogP contribution in [0, 0.1) is 0 Å². The summed E-state index contributed by atoms with van der Waals surface area (Å²) < 4.78 is 44.7. The number of hydrogen-bond acceptors (Lipinski definition) is 6. The molecule has 28 heavy (non-hydrogen) atoms. The Kier molecular flexibility index (Phi) is 5.84. The number of hydrogen-bond donors (Lipinski definition) is 1. The number of rotatable bonds is 6. The van der Waals surface area contributed by atoms with Gasteiger partial charge in [-0.05, 0) is 31.2 Å². The number of para-hydroxylation sites is 2. The maximum Gasteiger partial charge on any atom is 0.387 e. The molecule has 2 aromatic rings. The first kappa shape index (κ1) is 19.7. The number of benzene rings is 2. The molecule has 0 spiro atoms. The van der Waals surface area contributed by atoms with E-state index < -0.39 is 24.6 Å². The maximum absolute atomic E-state index is 12.4. The molecule has 1 aliphatic rings. The van der Waals surface area contributed by atoms with Crippen molar-refractivity contribution in [2.75, 3.05) is 12.1 Å². The quantitative estimate of drug-likeness (QED) is 0.724. The zero-order valence-electron chi connectivity index (χ0n) is 14.4. The number of carbonyl (C=O) groups excluding carboxylic acids is 2. The van der Waals surface area contributed by atoms with Crippen molar-refractivity contribution >= 4 is 29.2 Å². The van der Waals surface area contributed by atoms with Gasteiger partial charge in [0.15, 0.2) is 17.6 Å². The number of fused-ring (bicyclic) bond motifs is 1. The van der Waals surface area contributed by atoms with E-state index in [1.54, 1.807) is 0 Å². The first-order chi connectivity index (χ1) is 13.3. The van der Waals surface area contributed by atoms with E-state index in [2.05, 4.69) is 10.1 Å². The van der Waals surface area contributed by atoms with Crippen LogP contribution in [0.15, 0.2) is 36.4 Å². The Morgan fingerprint density at radius 1 is 1.21 bits per heavy atom. The van der Waals surface area contributed by atoms with Crippen LogP contribution in [0.4, 0.5) is 14.5 Å². The molecule has 1 atom stereocenters. The van der Waals surface area contributed by atoms with Gasteiger partial charge in [0.2, 0.25) is 6.79 Å². The first-order valence-electron chi connectivity index (χ1n) is 8.00. The number of anilines is 1. The molecule has 0 aliphatic carbocycles. The molecule has 7 nitrogen and oxygen atoms in total. The third-order valence-electron chi connectivity index (χ3n) is 3.68. The summed E-state index contributed by atoms with van der Waals surface area (Å²) in [5.74, 6) is -1.16. The Hall–Kier alpha value is -3.07. The first-order valence-corrected chi connectivity index (χ1v) is 8.37. The molecule has 1 heterocycles. The van der Waals surface area contributed by atoms with Crippen LogP contribution in [-0.4, -0.2) is 31.4 Å². The lowest BCUT2D eigenvalue weighted by Gasteiger charge is -2.16. The van der Waals surface area contributed by atoms with Gasteiger partial charge in [-0.2, -0.15) is 8.78 Å². The second kappa shape index (κ2) is 8.30. The van der Waals surface area contributed by atoms with Crippen molar-refractivity contribution in [3.8, 4) is 17.2 Å². The number of halogens is 3. The summed E-state index contributed by atoms with van der Waals surface area (Å²) in [5.41, 5.74) is 0.0807. The minimum atomic E-state index is -3.05. The zero-order valence-corrected chi connectivity index (χ0v) is 15.2. The zero-order chi connectivity index (χ0) is 20.3. The van der Waals surface area contributed by atoms with E-state index in [0.29, 0.717) is 5.75 Å². The summed E-state index contributed by atoms with van der Waals surface area (Å²) in [6.07, 6.45) is -1.23. The predicted octanol–water partition coefficient (Wildman–Crippen LogP) is 3.85. The molecule has 0 radical (unpaired) electrons. The highest BCUT2D eigenvalue weighted by molar-refractivity contribution is 6.32. The molecule has 0 saturated carbocycles. The van der Waals surface area contributed by atoms with E-state index in [9.17, 15) is 18.4 Å². The van der Waals surface area contributed by atoms with Gasteiger partial charge in [0.25, 0.3) is 5.91 Å². The smallest absolute Gasteiger partial charge is 0.387 e. The average Bonchev–Trinajstić information content (AvgIpc) is 3.12. The van der Waals surface area contributed by atoms with E-state index in [-0.39, 0.29) is 34.6 Å². The molecule has 0 aromatic heterocycles. The molecule has 0 saturated heterocycles. The van der Waals surface area contributed by atoms with Crippen molar-refractivity contribution in [3.05, 3.63) is 47.0 Å². The lowest BCUT2D eigenvalue weighted by Crippen LogP contribution is -2.30. The van der Waals surface area contributed by atoms with Gasteiger partial charge >= 0.3 is 12.6 Å². The third kappa shape index (κ3) is 4.42. The topological polar surface area (TPSA) is 83.1 Å². The minimum Gasteiger partial charge on any atom is -0.454 e. The van der Waals surface area contributed by atoms with Crippen LogP contribution >= 0.6 is 11.6 Å². The summed E-state index contributed by atoms with van der Waals surface area (Å²) in [6.45, 7) is -1.74. The highest BCUT2D eigenvalue weighted by Gasteiger charge is 2.24.